The lowest BCUT2D eigenvalue weighted by Crippen LogP contribution is -2.25. The van der Waals surface area contributed by atoms with Crippen LogP contribution < -0.4 is 10.6 Å². The summed E-state index contributed by atoms with van der Waals surface area (Å²) in [5.41, 5.74) is 6.44. The largest absolute Gasteiger partial charge is 0.356 e. The van der Waals surface area contributed by atoms with Crippen LogP contribution in [0.5, 0.6) is 0 Å². The molecule has 4 nitrogen and oxygen atoms in total. The van der Waals surface area contributed by atoms with Crippen LogP contribution in [-0.4, -0.2) is 23.1 Å². The van der Waals surface area contributed by atoms with E-state index in [0.717, 1.165) is 24.6 Å². The second-order valence-corrected chi connectivity index (χ2v) is 2.70. The van der Waals surface area contributed by atoms with Gasteiger partial charge in [-0.25, -0.2) is 4.98 Å². The van der Waals surface area contributed by atoms with Crippen molar-refractivity contribution in [2.75, 3.05) is 18.0 Å². The topological polar surface area (TPSA) is 55.0 Å². The summed E-state index contributed by atoms with van der Waals surface area (Å²) in [6.45, 7) is 6.50. The maximum Gasteiger partial charge on any atom is 0.151 e. The molecule has 0 amide bonds. The molecule has 0 fully saturated rings. The van der Waals surface area contributed by atoms with Crippen LogP contribution in [0.4, 0.5) is 5.82 Å². The van der Waals surface area contributed by atoms with E-state index in [9.17, 15) is 0 Å². The summed E-state index contributed by atoms with van der Waals surface area (Å²) in [5, 5.41) is 0. The van der Waals surface area contributed by atoms with Crippen LogP contribution in [0.15, 0.2) is 12.4 Å². The van der Waals surface area contributed by atoms with Crippen molar-refractivity contribution >= 4 is 5.82 Å². The SMILES string of the molecule is CCN(CC)c1nccnc1CN. The molecule has 0 radical (unpaired) electrons. The molecule has 0 aliphatic carbocycles. The quantitative estimate of drug-likeness (QED) is 0.744. The van der Waals surface area contributed by atoms with Crippen LogP contribution in [0.3, 0.4) is 0 Å². The number of nitrogens with zero attached hydrogens (tertiary/aromatic N) is 3. The summed E-state index contributed by atoms with van der Waals surface area (Å²) in [6.07, 6.45) is 3.38. The molecule has 0 aliphatic heterocycles. The monoisotopic (exact) mass is 180 g/mol. The van der Waals surface area contributed by atoms with E-state index < -0.39 is 0 Å². The molecule has 1 heterocycles. The lowest BCUT2D eigenvalue weighted by Gasteiger charge is -2.21. The zero-order valence-corrected chi connectivity index (χ0v) is 8.20. The van der Waals surface area contributed by atoms with Crippen LogP contribution in [0, 0.1) is 0 Å². The van der Waals surface area contributed by atoms with Crippen molar-refractivity contribution in [2.24, 2.45) is 5.73 Å². The minimum atomic E-state index is 0.444. The van der Waals surface area contributed by atoms with Gasteiger partial charge >= 0.3 is 0 Å². The number of aromatic nitrogens is 2. The van der Waals surface area contributed by atoms with E-state index in [1.54, 1.807) is 12.4 Å². The fourth-order valence-electron chi connectivity index (χ4n) is 1.29. The van der Waals surface area contributed by atoms with Gasteiger partial charge in [0, 0.05) is 32.0 Å². The molecule has 0 spiro atoms. The molecule has 1 rings (SSSR count). The van der Waals surface area contributed by atoms with Gasteiger partial charge in [-0.1, -0.05) is 0 Å². The van der Waals surface area contributed by atoms with Gasteiger partial charge in [-0.05, 0) is 13.8 Å². The molecule has 0 saturated heterocycles. The second kappa shape index (κ2) is 4.77. The fraction of sp³-hybridized carbons (Fsp3) is 0.556. The van der Waals surface area contributed by atoms with Gasteiger partial charge in [0.2, 0.25) is 0 Å². The van der Waals surface area contributed by atoms with Crippen LogP contribution in [0.1, 0.15) is 19.5 Å². The number of nitrogens with two attached hydrogens (primary N) is 1. The molecule has 0 aliphatic rings. The first kappa shape index (κ1) is 9.92. The molecule has 13 heavy (non-hydrogen) atoms. The third-order valence-corrected chi connectivity index (χ3v) is 2.01. The van der Waals surface area contributed by atoms with E-state index in [1.165, 1.54) is 0 Å². The zero-order valence-electron chi connectivity index (χ0n) is 8.20. The Morgan fingerprint density at radius 3 is 2.38 bits per heavy atom. The Balaban J connectivity index is 2.96. The van der Waals surface area contributed by atoms with Gasteiger partial charge in [0.25, 0.3) is 0 Å². The Morgan fingerprint density at radius 2 is 1.85 bits per heavy atom. The fourth-order valence-corrected chi connectivity index (χ4v) is 1.29. The first-order valence-electron chi connectivity index (χ1n) is 4.58. The number of rotatable bonds is 4. The summed E-state index contributed by atoms with van der Waals surface area (Å²) >= 11 is 0. The maximum absolute atomic E-state index is 5.57. The Kier molecular flexibility index (Phi) is 3.64. The average molecular weight is 180 g/mol. The number of anilines is 1. The highest BCUT2D eigenvalue weighted by Gasteiger charge is 2.08. The highest BCUT2D eigenvalue weighted by molar-refractivity contribution is 5.42. The zero-order chi connectivity index (χ0) is 9.68. The smallest absolute Gasteiger partial charge is 0.151 e. The molecule has 0 unspecified atom stereocenters. The Labute approximate surface area is 78.8 Å². The molecule has 0 saturated carbocycles. The molecule has 1 aromatic rings. The molecule has 0 aromatic carbocycles. The Bertz CT molecular complexity index is 258. The Morgan fingerprint density at radius 1 is 1.23 bits per heavy atom. The van der Waals surface area contributed by atoms with Crippen LogP contribution in [0.25, 0.3) is 0 Å². The van der Waals surface area contributed by atoms with Gasteiger partial charge in [0.05, 0.1) is 5.69 Å². The van der Waals surface area contributed by atoms with Crippen molar-refractivity contribution in [3.8, 4) is 0 Å². The van der Waals surface area contributed by atoms with Gasteiger partial charge in [-0.2, -0.15) is 0 Å². The highest BCUT2D eigenvalue weighted by atomic mass is 15.2. The molecular weight excluding hydrogens is 164 g/mol. The molecule has 4 heteroatoms. The van der Waals surface area contributed by atoms with E-state index >= 15 is 0 Å². The van der Waals surface area contributed by atoms with Crippen LogP contribution >= 0.6 is 0 Å². The predicted molar refractivity (Wildman–Crippen MR) is 53.5 cm³/mol. The van der Waals surface area contributed by atoms with Gasteiger partial charge in [-0.15, -0.1) is 0 Å². The third kappa shape index (κ3) is 2.15. The molecule has 0 bridgehead atoms. The number of hydrogen-bond acceptors (Lipinski definition) is 4. The Hall–Kier alpha value is -1.16. The normalized spacial score (nSPS) is 10.1. The van der Waals surface area contributed by atoms with Crippen molar-refractivity contribution in [1.29, 1.82) is 0 Å². The molecular formula is C9H16N4. The average Bonchev–Trinajstić information content (AvgIpc) is 2.20. The summed E-state index contributed by atoms with van der Waals surface area (Å²) in [6, 6.07) is 0. The summed E-state index contributed by atoms with van der Waals surface area (Å²) in [5.74, 6) is 0.912. The predicted octanol–water partition coefficient (Wildman–Crippen LogP) is 0.781. The number of hydrogen-bond donors (Lipinski definition) is 1. The van der Waals surface area contributed by atoms with Crippen LogP contribution in [0.2, 0.25) is 0 Å². The first-order chi connectivity index (χ1) is 6.33. The molecule has 72 valence electrons. The molecule has 0 atom stereocenters. The summed E-state index contributed by atoms with van der Waals surface area (Å²) < 4.78 is 0. The van der Waals surface area contributed by atoms with Crippen molar-refractivity contribution in [3.63, 3.8) is 0 Å². The van der Waals surface area contributed by atoms with E-state index in [4.69, 9.17) is 5.73 Å². The van der Waals surface area contributed by atoms with E-state index in [2.05, 4.69) is 28.7 Å². The van der Waals surface area contributed by atoms with E-state index in [-0.39, 0.29) is 0 Å². The summed E-state index contributed by atoms with van der Waals surface area (Å²) in [7, 11) is 0. The van der Waals surface area contributed by atoms with Crippen molar-refractivity contribution in [1.82, 2.24) is 9.97 Å². The maximum atomic E-state index is 5.57. The molecule has 2 N–H and O–H groups in total. The minimum absolute atomic E-state index is 0.444. The van der Waals surface area contributed by atoms with E-state index in [1.807, 2.05) is 0 Å². The highest BCUT2D eigenvalue weighted by Crippen LogP contribution is 2.12. The van der Waals surface area contributed by atoms with E-state index in [0.29, 0.717) is 6.54 Å². The second-order valence-electron chi connectivity index (χ2n) is 2.70. The van der Waals surface area contributed by atoms with Gasteiger partial charge in [0.1, 0.15) is 0 Å². The lowest BCUT2D eigenvalue weighted by atomic mass is 10.3. The third-order valence-electron chi connectivity index (χ3n) is 2.01. The first-order valence-corrected chi connectivity index (χ1v) is 4.58. The summed E-state index contributed by atoms with van der Waals surface area (Å²) in [4.78, 5) is 10.6. The van der Waals surface area contributed by atoms with Crippen molar-refractivity contribution < 1.29 is 0 Å². The standard InChI is InChI=1S/C9H16N4/c1-3-13(4-2)9-8(7-10)11-5-6-12-9/h5-6H,3-4,7,10H2,1-2H3. The van der Waals surface area contributed by atoms with Gasteiger partial charge < -0.3 is 10.6 Å². The van der Waals surface area contributed by atoms with Crippen LogP contribution in [-0.2, 0) is 6.54 Å². The minimum Gasteiger partial charge on any atom is -0.356 e. The lowest BCUT2D eigenvalue weighted by molar-refractivity contribution is 0.816. The van der Waals surface area contributed by atoms with Gasteiger partial charge in [-0.3, -0.25) is 4.98 Å². The molecule has 1 aromatic heterocycles. The van der Waals surface area contributed by atoms with Crippen molar-refractivity contribution in [3.05, 3.63) is 18.1 Å². The van der Waals surface area contributed by atoms with Crippen molar-refractivity contribution in [2.45, 2.75) is 20.4 Å². The van der Waals surface area contributed by atoms with Gasteiger partial charge in [0.15, 0.2) is 5.82 Å².